The predicted octanol–water partition coefficient (Wildman–Crippen LogP) is 3.80. The minimum absolute atomic E-state index is 0.0584. The summed E-state index contributed by atoms with van der Waals surface area (Å²) in [7, 11) is 1.57. The van der Waals surface area contributed by atoms with E-state index in [0.29, 0.717) is 28.6 Å². The van der Waals surface area contributed by atoms with Crippen LogP contribution >= 0.6 is 11.8 Å². The second-order valence-corrected chi connectivity index (χ2v) is 7.71. The Bertz CT molecular complexity index is 1010. The van der Waals surface area contributed by atoms with Gasteiger partial charge in [0.25, 0.3) is 0 Å². The molecule has 0 saturated heterocycles. The average Bonchev–Trinajstić information content (AvgIpc) is 2.78. The Morgan fingerprint density at radius 2 is 1.87 bits per heavy atom. The summed E-state index contributed by atoms with van der Waals surface area (Å²) in [5, 5.41) is 15.7. The molecule has 0 fully saturated rings. The molecule has 7 nitrogen and oxygen atoms in total. The number of hydrogen-bond acceptors (Lipinski definition) is 6. The SMILES string of the molecule is CCOc1ccc([C@H]2CC(=O)NC(SCC(=O)Nc3ccc(OC)cc3)=C2C#N)cc1. The molecular weight excluding hydrogens is 414 g/mol. The fourth-order valence-electron chi connectivity index (χ4n) is 3.19. The van der Waals surface area contributed by atoms with E-state index in [1.54, 1.807) is 31.4 Å². The Balaban J connectivity index is 1.70. The first-order chi connectivity index (χ1) is 15.0. The zero-order valence-electron chi connectivity index (χ0n) is 17.3. The van der Waals surface area contributed by atoms with Crippen molar-refractivity contribution < 1.29 is 19.1 Å². The van der Waals surface area contributed by atoms with Crippen molar-refractivity contribution in [2.75, 3.05) is 24.8 Å². The highest BCUT2D eigenvalue weighted by atomic mass is 32.2. The number of carbonyl (C=O) groups excluding carboxylic acids is 2. The van der Waals surface area contributed by atoms with Gasteiger partial charge in [-0.05, 0) is 48.9 Å². The molecule has 0 saturated carbocycles. The first kappa shape index (κ1) is 22.2. The third-order valence-electron chi connectivity index (χ3n) is 4.67. The number of nitrogens with zero attached hydrogens (tertiary/aromatic N) is 1. The molecule has 2 N–H and O–H groups in total. The van der Waals surface area contributed by atoms with Gasteiger partial charge in [0.1, 0.15) is 11.5 Å². The van der Waals surface area contributed by atoms with Crippen LogP contribution in [0, 0.1) is 11.3 Å². The van der Waals surface area contributed by atoms with Gasteiger partial charge in [0.2, 0.25) is 11.8 Å². The van der Waals surface area contributed by atoms with Gasteiger partial charge in [0.05, 0.1) is 36.1 Å². The lowest BCUT2D eigenvalue weighted by atomic mass is 9.87. The topological polar surface area (TPSA) is 100 Å². The Morgan fingerprint density at radius 1 is 1.19 bits per heavy atom. The van der Waals surface area contributed by atoms with Crippen LogP contribution in [0.5, 0.6) is 11.5 Å². The second kappa shape index (κ2) is 10.5. The fraction of sp³-hybridized carbons (Fsp3) is 0.261. The van der Waals surface area contributed by atoms with Crippen molar-refractivity contribution in [3.8, 4) is 17.6 Å². The van der Waals surface area contributed by atoms with Crippen LogP contribution in [-0.2, 0) is 9.59 Å². The zero-order valence-corrected chi connectivity index (χ0v) is 18.1. The largest absolute Gasteiger partial charge is 0.497 e. The van der Waals surface area contributed by atoms with E-state index in [0.717, 1.165) is 23.1 Å². The van der Waals surface area contributed by atoms with Gasteiger partial charge in [0, 0.05) is 18.0 Å². The van der Waals surface area contributed by atoms with Crippen molar-refractivity contribution in [2.45, 2.75) is 19.3 Å². The van der Waals surface area contributed by atoms with E-state index in [-0.39, 0.29) is 29.9 Å². The smallest absolute Gasteiger partial charge is 0.234 e. The highest BCUT2D eigenvalue weighted by molar-refractivity contribution is 8.03. The van der Waals surface area contributed by atoms with Crippen molar-refractivity contribution in [2.24, 2.45) is 0 Å². The quantitative estimate of drug-likeness (QED) is 0.651. The van der Waals surface area contributed by atoms with Gasteiger partial charge in [-0.2, -0.15) is 5.26 Å². The molecule has 0 aliphatic carbocycles. The molecule has 2 amide bonds. The number of carbonyl (C=O) groups is 2. The summed E-state index contributed by atoms with van der Waals surface area (Å²) in [4.78, 5) is 24.6. The number of amides is 2. The van der Waals surface area contributed by atoms with Crippen LogP contribution in [0.2, 0.25) is 0 Å². The molecule has 0 bridgehead atoms. The van der Waals surface area contributed by atoms with Crippen molar-refractivity contribution in [1.29, 1.82) is 5.26 Å². The molecule has 2 aromatic carbocycles. The molecule has 31 heavy (non-hydrogen) atoms. The van der Waals surface area contributed by atoms with Crippen LogP contribution in [0.3, 0.4) is 0 Å². The lowest BCUT2D eigenvalue weighted by molar-refractivity contribution is -0.121. The Labute approximate surface area is 185 Å². The standard InChI is InChI=1S/C23H23N3O4S/c1-3-30-18-8-4-15(5-9-18)19-12-21(27)26-23(20(19)13-24)31-14-22(28)25-16-6-10-17(29-2)11-7-16/h4-11,19H,3,12,14H2,1-2H3,(H,25,28)(H,26,27)/t19-/m1/s1. The summed E-state index contributed by atoms with van der Waals surface area (Å²) in [6, 6.07) is 16.6. The summed E-state index contributed by atoms with van der Waals surface area (Å²) in [6.45, 7) is 2.47. The fourth-order valence-corrected chi connectivity index (χ4v) is 4.07. The Morgan fingerprint density at radius 3 is 2.48 bits per heavy atom. The van der Waals surface area contributed by atoms with Gasteiger partial charge < -0.3 is 20.1 Å². The minimum atomic E-state index is -0.360. The lowest BCUT2D eigenvalue weighted by Gasteiger charge is -2.25. The molecule has 1 aliphatic heterocycles. The van der Waals surface area contributed by atoms with E-state index in [9.17, 15) is 14.9 Å². The highest BCUT2D eigenvalue weighted by Gasteiger charge is 2.29. The number of hydrogen-bond donors (Lipinski definition) is 2. The third kappa shape index (κ3) is 5.80. The van der Waals surface area contributed by atoms with E-state index < -0.39 is 0 Å². The molecule has 160 valence electrons. The van der Waals surface area contributed by atoms with Crippen LogP contribution in [0.25, 0.3) is 0 Å². The number of nitrogens with one attached hydrogen (secondary N) is 2. The normalized spacial score (nSPS) is 15.6. The molecule has 0 spiro atoms. The first-order valence-electron chi connectivity index (χ1n) is 9.77. The average molecular weight is 438 g/mol. The summed E-state index contributed by atoms with van der Waals surface area (Å²) < 4.78 is 10.6. The summed E-state index contributed by atoms with van der Waals surface area (Å²) in [5.41, 5.74) is 1.95. The molecule has 3 rings (SSSR count). The van der Waals surface area contributed by atoms with Gasteiger partial charge in [-0.25, -0.2) is 0 Å². The molecule has 0 unspecified atom stereocenters. The number of nitriles is 1. The van der Waals surface area contributed by atoms with Crippen LogP contribution < -0.4 is 20.1 Å². The van der Waals surface area contributed by atoms with Crippen LogP contribution in [0.15, 0.2) is 59.1 Å². The van der Waals surface area contributed by atoms with Gasteiger partial charge in [0.15, 0.2) is 0 Å². The number of methoxy groups -OCH3 is 1. The summed E-state index contributed by atoms with van der Waals surface area (Å²) in [6.07, 6.45) is 0.180. The van der Waals surface area contributed by atoms with E-state index in [2.05, 4.69) is 16.7 Å². The molecule has 1 aliphatic rings. The van der Waals surface area contributed by atoms with E-state index >= 15 is 0 Å². The van der Waals surface area contributed by atoms with E-state index in [1.807, 2.05) is 31.2 Å². The predicted molar refractivity (Wildman–Crippen MR) is 120 cm³/mol. The molecular formula is C23H23N3O4S. The monoisotopic (exact) mass is 437 g/mol. The highest BCUT2D eigenvalue weighted by Crippen LogP contribution is 2.36. The Hall–Kier alpha value is -3.44. The van der Waals surface area contributed by atoms with Crippen molar-refractivity contribution in [3.63, 3.8) is 0 Å². The lowest BCUT2D eigenvalue weighted by Crippen LogP contribution is -2.31. The maximum Gasteiger partial charge on any atom is 0.234 e. The first-order valence-corrected chi connectivity index (χ1v) is 10.8. The maximum atomic E-state index is 12.3. The molecule has 0 radical (unpaired) electrons. The molecule has 2 aromatic rings. The second-order valence-electron chi connectivity index (χ2n) is 6.73. The number of rotatable bonds is 8. The van der Waals surface area contributed by atoms with Gasteiger partial charge in [-0.1, -0.05) is 23.9 Å². The Kier molecular flexibility index (Phi) is 7.57. The van der Waals surface area contributed by atoms with Crippen molar-refractivity contribution in [3.05, 3.63) is 64.7 Å². The molecule has 8 heteroatoms. The number of anilines is 1. The van der Waals surface area contributed by atoms with Crippen molar-refractivity contribution >= 4 is 29.3 Å². The molecule has 1 atom stereocenters. The van der Waals surface area contributed by atoms with Gasteiger partial charge in [-0.15, -0.1) is 0 Å². The zero-order chi connectivity index (χ0) is 22.2. The van der Waals surface area contributed by atoms with Crippen molar-refractivity contribution in [1.82, 2.24) is 5.32 Å². The number of benzene rings is 2. The van der Waals surface area contributed by atoms with Crippen LogP contribution in [0.1, 0.15) is 24.8 Å². The van der Waals surface area contributed by atoms with E-state index in [1.165, 1.54) is 0 Å². The summed E-state index contributed by atoms with van der Waals surface area (Å²) in [5.74, 6) is 0.707. The van der Waals surface area contributed by atoms with E-state index in [4.69, 9.17) is 9.47 Å². The van der Waals surface area contributed by atoms with Crippen LogP contribution in [-0.4, -0.2) is 31.3 Å². The third-order valence-corrected chi connectivity index (χ3v) is 5.69. The van der Waals surface area contributed by atoms with Gasteiger partial charge >= 0.3 is 0 Å². The number of ether oxygens (including phenoxy) is 2. The van der Waals surface area contributed by atoms with Crippen LogP contribution in [0.4, 0.5) is 5.69 Å². The minimum Gasteiger partial charge on any atom is -0.497 e. The maximum absolute atomic E-state index is 12.3. The molecule has 0 aromatic heterocycles. The summed E-state index contributed by atoms with van der Waals surface area (Å²) >= 11 is 1.14. The molecule has 1 heterocycles. The van der Waals surface area contributed by atoms with Gasteiger partial charge in [-0.3, -0.25) is 9.59 Å². The number of thioether (sulfide) groups is 1. The number of allylic oxidation sites excluding steroid dienone is 1.